The Balaban J connectivity index is 1.70. The van der Waals surface area contributed by atoms with Crippen LogP contribution in [0.4, 0.5) is 5.69 Å². The lowest BCUT2D eigenvalue weighted by Crippen LogP contribution is -2.47. The number of pyridine rings is 1. The van der Waals surface area contributed by atoms with Crippen LogP contribution in [0.15, 0.2) is 30.6 Å². The summed E-state index contributed by atoms with van der Waals surface area (Å²) in [5, 5.41) is 9.11. The lowest BCUT2D eigenvalue weighted by molar-refractivity contribution is 0.189. The molecular formula is C18H20N4O2S. The summed E-state index contributed by atoms with van der Waals surface area (Å²) in [6.45, 7) is 4.53. The van der Waals surface area contributed by atoms with Gasteiger partial charge in [0.1, 0.15) is 10.8 Å². The van der Waals surface area contributed by atoms with Crippen LogP contribution in [0.5, 0.6) is 0 Å². The van der Waals surface area contributed by atoms with Gasteiger partial charge in [0.25, 0.3) is 0 Å². The van der Waals surface area contributed by atoms with Crippen molar-refractivity contribution in [3.05, 3.63) is 36.3 Å². The fraction of sp³-hybridized carbons (Fsp3) is 0.389. The first-order valence-corrected chi connectivity index (χ1v) is 9.40. The summed E-state index contributed by atoms with van der Waals surface area (Å²) in [5.41, 5.74) is 4.23. The number of piperazine rings is 1. The molecule has 2 aromatic rings. The first-order valence-electron chi connectivity index (χ1n) is 8.42. The highest BCUT2D eigenvalue weighted by molar-refractivity contribution is 8.08. The van der Waals surface area contributed by atoms with Crippen molar-refractivity contribution in [2.45, 2.75) is 5.88 Å². The molecule has 0 unspecified atom stereocenters. The summed E-state index contributed by atoms with van der Waals surface area (Å²) >= 11 is 1.54. The third-order valence-electron chi connectivity index (χ3n) is 4.81. The third kappa shape index (κ3) is 3.00. The van der Waals surface area contributed by atoms with Gasteiger partial charge < -0.3 is 14.6 Å². The SMILES string of the molecule is O=C=C1SCn2c(-c3cccnc3)cc(N3CCN(CCO)CC3)c21. The second kappa shape index (κ2) is 7.06. The third-order valence-corrected chi connectivity index (χ3v) is 5.76. The summed E-state index contributed by atoms with van der Waals surface area (Å²) in [5.74, 6) is 2.85. The first kappa shape index (κ1) is 16.4. The number of thioether (sulfide) groups is 1. The molecule has 0 spiro atoms. The van der Waals surface area contributed by atoms with Gasteiger partial charge in [0, 0.05) is 50.7 Å². The Bertz CT molecular complexity index is 806. The second-order valence-electron chi connectivity index (χ2n) is 6.19. The van der Waals surface area contributed by atoms with Crippen LogP contribution >= 0.6 is 11.8 Å². The standard InChI is InChI=1S/C18H20N4O2S/c23-9-8-20-4-6-21(7-5-20)16-10-15(14-2-1-3-19-11-14)22-13-25-17(12-24)18(16)22/h1-3,10-11,23H,4-9,13H2. The molecule has 0 amide bonds. The summed E-state index contributed by atoms with van der Waals surface area (Å²) in [6.07, 6.45) is 3.63. The van der Waals surface area contributed by atoms with Gasteiger partial charge in [-0.1, -0.05) is 11.8 Å². The zero-order valence-corrected chi connectivity index (χ0v) is 14.7. The molecule has 0 aromatic carbocycles. The molecule has 0 radical (unpaired) electrons. The van der Waals surface area contributed by atoms with Crippen LogP contribution < -0.4 is 4.90 Å². The van der Waals surface area contributed by atoms with E-state index in [1.165, 1.54) is 11.8 Å². The van der Waals surface area contributed by atoms with Gasteiger partial charge in [0.15, 0.2) is 0 Å². The van der Waals surface area contributed by atoms with Crippen molar-refractivity contribution >= 4 is 28.3 Å². The Morgan fingerprint density at radius 2 is 2.12 bits per heavy atom. The lowest BCUT2D eigenvalue weighted by Gasteiger charge is -2.35. The number of carbonyl (C=O) groups excluding carboxylic acids is 1. The van der Waals surface area contributed by atoms with Crippen LogP contribution in [0.1, 0.15) is 5.69 Å². The number of anilines is 1. The van der Waals surface area contributed by atoms with E-state index in [-0.39, 0.29) is 6.61 Å². The summed E-state index contributed by atoms with van der Waals surface area (Å²) in [6, 6.07) is 6.15. The van der Waals surface area contributed by atoms with E-state index < -0.39 is 0 Å². The highest BCUT2D eigenvalue weighted by Gasteiger charge is 2.30. The maximum absolute atomic E-state index is 11.4. The van der Waals surface area contributed by atoms with E-state index in [0.29, 0.717) is 4.91 Å². The minimum Gasteiger partial charge on any atom is -0.395 e. The molecule has 0 atom stereocenters. The van der Waals surface area contributed by atoms with E-state index in [1.54, 1.807) is 6.20 Å². The van der Waals surface area contributed by atoms with E-state index in [9.17, 15) is 4.79 Å². The van der Waals surface area contributed by atoms with E-state index in [2.05, 4.69) is 31.4 Å². The maximum Gasteiger partial charge on any atom is 0.141 e. The van der Waals surface area contributed by atoms with Crippen LogP contribution in [-0.2, 0) is 10.7 Å². The van der Waals surface area contributed by atoms with Crippen LogP contribution in [-0.4, -0.2) is 64.8 Å². The molecule has 6 nitrogen and oxygen atoms in total. The number of aliphatic hydroxyl groups excluding tert-OH is 1. The van der Waals surface area contributed by atoms with Crippen molar-refractivity contribution in [2.75, 3.05) is 44.2 Å². The molecule has 1 fully saturated rings. The molecule has 7 heteroatoms. The minimum absolute atomic E-state index is 0.196. The van der Waals surface area contributed by atoms with Crippen molar-refractivity contribution in [1.29, 1.82) is 0 Å². The predicted octanol–water partition coefficient (Wildman–Crippen LogP) is 1.54. The van der Waals surface area contributed by atoms with Gasteiger partial charge >= 0.3 is 0 Å². The average molecular weight is 356 g/mol. The Morgan fingerprint density at radius 1 is 1.28 bits per heavy atom. The Labute approximate surface area is 150 Å². The number of nitrogens with zero attached hydrogens (tertiary/aromatic N) is 4. The molecule has 2 aliphatic heterocycles. The highest BCUT2D eigenvalue weighted by Crippen LogP contribution is 2.45. The van der Waals surface area contributed by atoms with Crippen molar-refractivity contribution in [3.8, 4) is 11.3 Å². The number of β-amino-alcohol motifs (C(OH)–C–C–N with tert-alkyl or cyclic N) is 1. The molecule has 1 N–H and O–H groups in total. The fourth-order valence-corrected chi connectivity index (χ4v) is 4.47. The zero-order chi connectivity index (χ0) is 17.2. The minimum atomic E-state index is 0.196. The number of hydrogen-bond donors (Lipinski definition) is 1. The van der Waals surface area contributed by atoms with Gasteiger partial charge in [-0.3, -0.25) is 9.88 Å². The van der Waals surface area contributed by atoms with Crippen molar-refractivity contribution in [1.82, 2.24) is 14.5 Å². The molecule has 4 rings (SSSR count). The van der Waals surface area contributed by atoms with Crippen molar-refractivity contribution in [2.24, 2.45) is 0 Å². The van der Waals surface area contributed by atoms with Gasteiger partial charge in [-0.05, 0) is 18.2 Å². The average Bonchev–Trinajstić information content (AvgIpc) is 3.24. The number of aromatic nitrogens is 2. The van der Waals surface area contributed by atoms with Crippen molar-refractivity contribution in [3.63, 3.8) is 0 Å². The van der Waals surface area contributed by atoms with Gasteiger partial charge in [0.05, 0.1) is 29.6 Å². The van der Waals surface area contributed by atoms with E-state index >= 15 is 0 Å². The van der Waals surface area contributed by atoms with Gasteiger partial charge in [-0.2, -0.15) is 0 Å². The van der Waals surface area contributed by atoms with Crippen LogP contribution in [0.2, 0.25) is 0 Å². The molecule has 1 saturated heterocycles. The lowest BCUT2D eigenvalue weighted by atomic mass is 10.2. The fourth-order valence-electron chi connectivity index (χ4n) is 3.53. The number of fused-ring (bicyclic) bond motifs is 1. The summed E-state index contributed by atoms with van der Waals surface area (Å²) in [7, 11) is 0. The number of rotatable bonds is 4. The molecular weight excluding hydrogens is 336 g/mol. The normalized spacial score (nSPS) is 17.6. The summed E-state index contributed by atoms with van der Waals surface area (Å²) < 4.78 is 2.19. The zero-order valence-electron chi connectivity index (χ0n) is 13.9. The molecule has 4 heterocycles. The quantitative estimate of drug-likeness (QED) is 0.839. The molecule has 0 bridgehead atoms. The predicted molar refractivity (Wildman–Crippen MR) is 100 cm³/mol. The summed E-state index contributed by atoms with van der Waals surface area (Å²) in [4.78, 5) is 20.9. The Morgan fingerprint density at radius 3 is 2.80 bits per heavy atom. The Hall–Kier alpha value is -2.05. The molecule has 0 aliphatic carbocycles. The number of aliphatic hydroxyl groups is 1. The van der Waals surface area contributed by atoms with E-state index in [0.717, 1.165) is 61.2 Å². The maximum atomic E-state index is 11.4. The smallest absolute Gasteiger partial charge is 0.141 e. The first-order chi connectivity index (χ1) is 12.3. The number of hydrogen-bond acceptors (Lipinski definition) is 6. The van der Waals surface area contributed by atoms with Gasteiger partial charge in [-0.25, -0.2) is 4.79 Å². The van der Waals surface area contributed by atoms with Crippen LogP contribution in [0, 0.1) is 0 Å². The molecule has 25 heavy (non-hydrogen) atoms. The van der Waals surface area contributed by atoms with Gasteiger partial charge in [0.2, 0.25) is 0 Å². The highest BCUT2D eigenvalue weighted by atomic mass is 32.2. The second-order valence-corrected chi connectivity index (χ2v) is 7.15. The molecule has 130 valence electrons. The molecule has 2 aliphatic rings. The van der Waals surface area contributed by atoms with Crippen molar-refractivity contribution < 1.29 is 9.90 Å². The van der Waals surface area contributed by atoms with Crippen LogP contribution in [0.25, 0.3) is 16.2 Å². The molecule has 2 aromatic heterocycles. The van der Waals surface area contributed by atoms with Crippen LogP contribution in [0.3, 0.4) is 0 Å². The van der Waals surface area contributed by atoms with Gasteiger partial charge in [-0.15, -0.1) is 0 Å². The van der Waals surface area contributed by atoms with E-state index in [4.69, 9.17) is 5.11 Å². The van der Waals surface area contributed by atoms with E-state index in [1.807, 2.05) is 18.3 Å². The monoisotopic (exact) mass is 356 g/mol. The molecule has 0 saturated carbocycles. The Kier molecular flexibility index (Phi) is 4.63. The topological polar surface area (TPSA) is 61.6 Å². The largest absolute Gasteiger partial charge is 0.395 e.